The quantitative estimate of drug-likeness (QED) is 0.496. The smallest absolute Gasteiger partial charge is 0.338 e. The monoisotopic (exact) mass is 381 g/mol. The molecule has 4 aromatic rings. The molecular weight excluding hydrogens is 362 g/mol. The number of hydrogen-bond acceptors (Lipinski definition) is 5. The molecule has 5 rings (SSSR count). The van der Waals surface area contributed by atoms with Crippen LogP contribution in [0, 0.1) is 0 Å². The molecule has 0 saturated heterocycles. The lowest BCUT2D eigenvalue weighted by Gasteiger charge is -2.16. The van der Waals surface area contributed by atoms with E-state index in [0.717, 1.165) is 33.4 Å². The van der Waals surface area contributed by atoms with Crippen molar-refractivity contribution in [2.24, 2.45) is 0 Å². The lowest BCUT2D eigenvalue weighted by Crippen LogP contribution is -2.08. The van der Waals surface area contributed by atoms with Crippen LogP contribution in [0.25, 0.3) is 22.0 Å². The number of nitrogens with one attached hydrogen (secondary N) is 1. The van der Waals surface area contributed by atoms with Crippen molar-refractivity contribution in [1.82, 2.24) is 9.97 Å². The van der Waals surface area contributed by atoms with E-state index in [1.807, 2.05) is 48.5 Å². The molecule has 1 aliphatic rings. The Hall–Kier alpha value is -3.73. The average Bonchev–Trinajstić information content (AvgIpc) is 3.14. The highest BCUT2D eigenvalue weighted by Crippen LogP contribution is 2.31. The number of ether oxygens (including phenoxy) is 1. The molecule has 0 radical (unpaired) electrons. The van der Waals surface area contributed by atoms with Gasteiger partial charge in [-0.2, -0.15) is 0 Å². The molecule has 1 atom stereocenters. The van der Waals surface area contributed by atoms with Crippen molar-refractivity contribution in [3.8, 4) is 11.1 Å². The van der Waals surface area contributed by atoms with Gasteiger partial charge in [-0.15, -0.1) is 0 Å². The van der Waals surface area contributed by atoms with Gasteiger partial charge in [0.2, 0.25) is 0 Å². The Balaban J connectivity index is 1.54. The predicted molar refractivity (Wildman–Crippen MR) is 113 cm³/mol. The summed E-state index contributed by atoms with van der Waals surface area (Å²) >= 11 is 0. The summed E-state index contributed by atoms with van der Waals surface area (Å²) in [6.07, 6.45) is 1.58. The molecule has 5 nitrogen and oxygen atoms in total. The Morgan fingerprint density at radius 1 is 0.966 bits per heavy atom. The Labute approximate surface area is 168 Å². The number of aromatic nitrogens is 2. The molecule has 0 amide bonds. The van der Waals surface area contributed by atoms with Crippen LogP contribution in [0.3, 0.4) is 0 Å². The van der Waals surface area contributed by atoms with Crippen LogP contribution in [-0.4, -0.2) is 15.9 Å². The second-order valence-electron chi connectivity index (χ2n) is 7.18. The fourth-order valence-electron chi connectivity index (χ4n) is 3.67. The summed E-state index contributed by atoms with van der Waals surface area (Å²) < 4.78 is 5.12. The lowest BCUT2D eigenvalue weighted by atomic mass is 9.99. The first-order valence-electron chi connectivity index (χ1n) is 9.56. The van der Waals surface area contributed by atoms with E-state index in [2.05, 4.69) is 40.4 Å². The summed E-state index contributed by atoms with van der Waals surface area (Å²) in [5, 5.41) is 4.44. The molecular formula is C24H19N3O2. The fraction of sp³-hybridized carbons (Fsp3) is 0.125. The van der Waals surface area contributed by atoms with Gasteiger partial charge in [-0.1, -0.05) is 48.5 Å². The molecule has 0 aliphatic carbocycles. The lowest BCUT2D eigenvalue weighted by molar-refractivity contribution is 0.0535. The van der Waals surface area contributed by atoms with Gasteiger partial charge in [-0.05, 0) is 41.8 Å². The highest BCUT2D eigenvalue weighted by molar-refractivity contribution is 5.96. The summed E-state index contributed by atoms with van der Waals surface area (Å²) in [4.78, 5) is 20.8. The maximum Gasteiger partial charge on any atom is 0.338 e. The minimum Gasteiger partial charge on any atom is -0.457 e. The zero-order valence-electron chi connectivity index (χ0n) is 15.9. The number of rotatable bonds is 4. The van der Waals surface area contributed by atoms with Gasteiger partial charge in [-0.25, -0.2) is 14.8 Å². The molecule has 1 aliphatic heterocycles. The van der Waals surface area contributed by atoms with E-state index in [1.54, 1.807) is 6.33 Å². The molecule has 5 heteroatoms. The number of fused-ring (bicyclic) bond motifs is 2. The van der Waals surface area contributed by atoms with E-state index in [4.69, 9.17) is 4.74 Å². The van der Waals surface area contributed by atoms with E-state index in [1.165, 1.54) is 5.56 Å². The summed E-state index contributed by atoms with van der Waals surface area (Å²) in [6, 6.07) is 22.3. The predicted octanol–water partition coefficient (Wildman–Crippen LogP) is 5.14. The van der Waals surface area contributed by atoms with Crippen LogP contribution >= 0.6 is 0 Å². The maximum atomic E-state index is 11.9. The van der Waals surface area contributed by atoms with Crippen LogP contribution in [0.1, 0.15) is 34.5 Å². The average molecular weight is 381 g/mol. The van der Waals surface area contributed by atoms with Gasteiger partial charge in [0.05, 0.1) is 11.1 Å². The van der Waals surface area contributed by atoms with Gasteiger partial charge >= 0.3 is 5.97 Å². The van der Waals surface area contributed by atoms with Crippen LogP contribution in [0.2, 0.25) is 0 Å². The van der Waals surface area contributed by atoms with Crippen molar-refractivity contribution in [2.45, 2.75) is 19.6 Å². The van der Waals surface area contributed by atoms with Gasteiger partial charge in [-0.3, -0.25) is 0 Å². The Morgan fingerprint density at radius 2 is 1.76 bits per heavy atom. The minimum absolute atomic E-state index is 0.104. The third kappa shape index (κ3) is 3.21. The maximum absolute atomic E-state index is 11.9. The molecule has 29 heavy (non-hydrogen) atoms. The van der Waals surface area contributed by atoms with Crippen molar-refractivity contribution < 1.29 is 9.53 Å². The number of anilines is 1. The van der Waals surface area contributed by atoms with Gasteiger partial charge in [0.15, 0.2) is 0 Å². The first kappa shape index (κ1) is 17.4. The molecule has 0 fully saturated rings. The van der Waals surface area contributed by atoms with Crippen molar-refractivity contribution in [1.29, 1.82) is 0 Å². The molecule has 142 valence electrons. The van der Waals surface area contributed by atoms with Gasteiger partial charge in [0.1, 0.15) is 18.8 Å². The minimum atomic E-state index is -0.259. The molecule has 0 saturated carbocycles. The van der Waals surface area contributed by atoms with Crippen molar-refractivity contribution >= 4 is 22.7 Å². The van der Waals surface area contributed by atoms with E-state index < -0.39 is 0 Å². The van der Waals surface area contributed by atoms with Gasteiger partial charge in [0, 0.05) is 17.0 Å². The molecule has 2 heterocycles. The van der Waals surface area contributed by atoms with Gasteiger partial charge < -0.3 is 10.1 Å². The molecule has 0 spiro atoms. The highest BCUT2D eigenvalue weighted by Gasteiger charge is 2.21. The second-order valence-corrected chi connectivity index (χ2v) is 7.18. The molecule has 0 bridgehead atoms. The van der Waals surface area contributed by atoms with E-state index >= 15 is 0 Å². The summed E-state index contributed by atoms with van der Waals surface area (Å²) in [5.74, 6) is 0.527. The fourth-order valence-corrected chi connectivity index (χ4v) is 3.67. The Morgan fingerprint density at radius 3 is 2.62 bits per heavy atom. The van der Waals surface area contributed by atoms with Crippen LogP contribution < -0.4 is 5.32 Å². The van der Waals surface area contributed by atoms with Crippen LogP contribution in [0.5, 0.6) is 0 Å². The molecule has 1 N–H and O–H groups in total. The number of carbonyl (C=O) groups is 1. The summed E-state index contributed by atoms with van der Waals surface area (Å²) in [6.45, 7) is 2.46. The zero-order chi connectivity index (χ0) is 19.8. The largest absolute Gasteiger partial charge is 0.457 e. The number of nitrogens with zero attached hydrogens (tertiary/aromatic N) is 2. The molecule has 0 unspecified atom stereocenters. The van der Waals surface area contributed by atoms with Crippen molar-refractivity contribution in [3.63, 3.8) is 0 Å². The van der Waals surface area contributed by atoms with E-state index in [0.29, 0.717) is 12.2 Å². The molecule has 3 aromatic carbocycles. The summed E-state index contributed by atoms with van der Waals surface area (Å²) in [7, 11) is 0. The SMILES string of the molecule is C[C@@H](Nc1ncnc2ccc(-c3ccc4c(c3)C(=O)OC4)cc12)c1ccccc1. The second kappa shape index (κ2) is 7.02. The third-order valence-corrected chi connectivity index (χ3v) is 5.31. The standard InChI is InChI=1S/C24H19N3O2/c1-15(16-5-3-2-4-6-16)27-23-21-12-18(9-10-22(21)25-14-26-23)17-7-8-19-13-29-24(28)20(19)11-17/h2-12,14-15H,13H2,1H3,(H,25,26,27)/t15-/m1/s1. The van der Waals surface area contributed by atoms with E-state index in [9.17, 15) is 4.79 Å². The van der Waals surface area contributed by atoms with E-state index in [-0.39, 0.29) is 12.0 Å². The number of benzene rings is 3. The number of hydrogen-bond donors (Lipinski definition) is 1. The Kier molecular flexibility index (Phi) is 4.21. The van der Waals surface area contributed by atoms with Crippen LogP contribution in [-0.2, 0) is 11.3 Å². The van der Waals surface area contributed by atoms with Crippen LogP contribution in [0.4, 0.5) is 5.82 Å². The first-order chi connectivity index (χ1) is 14.2. The number of cyclic esters (lactones) is 1. The highest BCUT2D eigenvalue weighted by atomic mass is 16.5. The van der Waals surface area contributed by atoms with Crippen molar-refractivity contribution in [3.05, 3.63) is 89.7 Å². The van der Waals surface area contributed by atoms with Crippen LogP contribution in [0.15, 0.2) is 73.1 Å². The Bertz CT molecular complexity index is 1220. The van der Waals surface area contributed by atoms with Crippen molar-refractivity contribution in [2.75, 3.05) is 5.32 Å². The first-order valence-corrected chi connectivity index (χ1v) is 9.56. The third-order valence-electron chi connectivity index (χ3n) is 5.31. The topological polar surface area (TPSA) is 64.1 Å². The molecule has 1 aromatic heterocycles. The van der Waals surface area contributed by atoms with Gasteiger partial charge in [0.25, 0.3) is 0 Å². The number of esters is 1. The normalized spacial score (nSPS) is 13.8. The zero-order valence-corrected chi connectivity index (χ0v) is 15.9. The summed E-state index contributed by atoms with van der Waals surface area (Å²) in [5.41, 5.74) is 5.60. The number of carbonyl (C=O) groups excluding carboxylic acids is 1.